The maximum Gasteiger partial charge on any atom is 0.128 e. The monoisotopic (exact) mass is 276 g/mol. The van der Waals surface area contributed by atoms with Crippen LogP contribution in [0.5, 0.6) is 0 Å². The van der Waals surface area contributed by atoms with Crippen LogP contribution in [0.15, 0.2) is 48.5 Å². The highest BCUT2D eigenvalue weighted by atomic mass is 19.1. The second-order valence-corrected chi connectivity index (χ2v) is 4.95. The lowest BCUT2D eigenvalue weighted by atomic mass is 10.1. The van der Waals surface area contributed by atoms with E-state index in [2.05, 4.69) is 0 Å². The molecule has 4 heteroatoms. The Balaban J connectivity index is 2.00. The van der Waals surface area contributed by atoms with Crippen LogP contribution in [0.1, 0.15) is 17.2 Å². The van der Waals surface area contributed by atoms with Crippen LogP contribution in [0.4, 0.5) is 8.78 Å². The lowest BCUT2D eigenvalue weighted by molar-refractivity contribution is 0.302. The Labute approximate surface area is 117 Å². The minimum atomic E-state index is -0.556. The minimum Gasteiger partial charge on any atom is -0.323 e. The smallest absolute Gasteiger partial charge is 0.128 e. The zero-order valence-electron chi connectivity index (χ0n) is 11.4. The van der Waals surface area contributed by atoms with Crippen LogP contribution in [0.25, 0.3) is 0 Å². The zero-order valence-corrected chi connectivity index (χ0v) is 11.4. The number of nitrogens with two attached hydrogens (primary N) is 1. The van der Waals surface area contributed by atoms with Gasteiger partial charge < -0.3 is 10.6 Å². The molecular weight excluding hydrogens is 258 g/mol. The summed E-state index contributed by atoms with van der Waals surface area (Å²) in [6, 6.07) is 12.7. The first kappa shape index (κ1) is 14.6. The molecule has 2 N–H and O–H groups in total. The van der Waals surface area contributed by atoms with Crippen LogP contribution in [0.3, 0.4) is 0 Å². The highest BCUT2D eigenvalue weighted by Gasteiger charge is 2.14. The molecule has 0 fully saturated rings. The summed E-state index contributed by atoms with van der Waals surface area (Å²) in [5, 5.41) is 0. The SMILES string of the molecule is CN(Cc1ccccc1)CC(N)c1cc(F)ccc1F. The van der Waals surface area contributed by atoms with Crippen molar-refractivity contribution in [3.8, 4) is 0 Å². The Morgan fingerprint density at radius 3 is 2.50 bits per heavy atom. The summed E-state index contributed by atoms with van der Waals surface area (Å²) >= 11 is 0. The van der Waals surface area contributed by atoms with Gasteiger partial charge >= 0.3 is 0 Å². The fourth-order valence-corrected chi connectivity index (χ4v) is 2.19. The van der Waals surface area contributed by atoms with Gasteiger partial charge in [-0.3, -0.25) is 0 Å². The summed E-state index contributed by atoms with van der Waals surface area (Å²) in [6.45, 7) is 1.17. The van der Waals surface area contributed by atoms with E-state index in [-0.39, 0.29) is 5.56 Å². The average Bonchev–Trinajstić information content (AvgIpc) is 2.42. The highest BCUT2D eigenvalue weighted by molar-refractivity contribution is 5.22. The maximum atomic E-state index is 13.6. The molecule has 2 rings (SSSR count). The van der Waals surface area contributed by atoms with Crippen LogP contribution in [0.2, 0.25) is 0 Å². The quantitative estimate of drug-likeness (QED) is 0.909. The molecule has 0 radical (unpaired) electrons. The van der Waals surface area contributed by atoms with E-state index >= 15 is 0 Å². The molecule has 2 aromatic rings. The van der Waals surface area contributed by atoms with E-state index in [1.165, 1.54) is 0 Å². The molecule has 0 amide bonds. The van der Waals surface area contributed by atoms with E-state index in [0.717, 1.165) is 23.8 Å². The fourth-order valence-electron chi connectivity index (χ4n) is 2.19. The van der Waals surface area contributed by atoms with Gasteiger partial charge in [-0.25, -0.2) is 8.78 Å². The van der Waals surface area contributed by atoms with Crippen LogP contribution in [-0.4, -0.2) is 18.5 Å². The van der Waals surface area contributed by atoms with E-state index < -0.39 is 17.7 Å². The van der Waals surface area contributed by atoms with Crippen LogP contribution in [0, 0.1) is 11.6 Å². The van der Waals surface area contributed by atoms with Crippen molar-refractivity contribution in [2.24, 2.45) is 5.73 Å². The second-order valence-electron chi connectivity index (χ2n) is 4.95. The van der Waals surface area contributed by atoms with Gasteiger partial charge in [0.1, 0.15) is 11.6 Å². The number of nitrogens with zero attached hydrogens (tertiary/aromatic N) is 1. The predicted molar refractivity (Wildman–Crippen MR) is 76.1 cm³/mol. The number of rotatable bonds is 5. The largest absolute Gasteiger partial charge is 0.323 e. The predicted octanol–water partition coefficient (Wildman–Crippen LogP) is 3.10. The number of halogens is 2. The molecule has 0 aliphatic carbocycles. The Morgan fingerprint density at radius 2 is 1.80 bits per heavy atom. The number of hydrogen-bond donors (Lipinski definition) is 1. The number of likely N-dealkylation sites (N-methyl/N-ethyl adjacent to an activating group) is 1. The Morgan fingerprint density at radius 1 is 1.10 bits per heavy atom. The number of hydrogen-bond acceptors (Lipinski definition) is 2. The van der Waals surface area contributed by atoms with Crippen molar-refractivity contribution in [1.82, 2.24) is 4.90 Å². The van der Waals surface area contributed by atoms with E-state index in [4.69, 9.17) is 5.73 Å². The summed E-state index contributed by atoms with van der Waals surface area (Å²) in [7, 11) is 1.91. The third-order valence-corrected chi connectivity index (χ3v) is 3.16. The Bertz CT molecular complexity index is 558. The average molecular weight is 276 g/mol. The molecule has 106 valence electrons. The third kappa shape index (κ3) is 3.85. The standard InChI is InChI=1S/C16H18F2N2/c1-20(10-12-5-3-2-4-6-12)11-16(19)14-9-13(17)7-8-15(14)18/h2-9,16H,10-11,19H2,1H3. The van der Waals surface area contributed by atoms with Gasteiger partial charge in [0.25, 0.3) is 0 Å². The molecule has 0 aliphatic rings. The van der Waals surface area contributed by atoms with Crippen molar-refractivity contribution in [3.05, 3.63) is 71.3 Å². The first-order chi connectivity index (χ1) is 9.56. The lowest BCUT2D eigenvalue weighted by Crippen LogP contribution is -2.29. The third-order valence-electron chi connectivity index (χ3n) is 3.16. The van der Waals surface area contributed by atoms with E-state index in [0.29, 0.717) is 13.1 Å². The van der Waals surface area contributed by atoms with Crippen LogP contribution < -0.4 is 5.73 Å². The molecule has 0 bridgehead atoms. The summed E-state index contributed by atoms with van der Waals surface area (Å²) in [5.41, 5.74) is 7.34. The summed E-state index contributed by atoms with van der Waals surface area (Å²) in [6.07, 6.45) is 0. The first-order valence-corrected chi connectivity index (χ1v) is 6.49. The van der Waals surface area contributed by atoms with Crippen molar-refractivity contribution in [1.29, 1.82) is 0 Å². The fraction of sp³-hybridized carbons (Fsp3) is 0.250. The van der Waals surface area contributed by atoms with Gasteiger partial charge in [0.15, 0.2) is 0 Å². The minimum absolute atomic E-state index is 0.213. The van der Waals surface area contributed by atoms with E-state index in [9.17, 15) is 8.78 Å². The van der Waals surface area contributed by atoms with Crippen molar-refractivity contribution in [2.45, 2.75) is 12.6 Å². The molecule has 2 aromatic carbocycles. The molecule has 0 aromatic heterocycles. The second kappa shape index (κ2) is 6.59. The number of benzene rings is 2. The van der Waals surface area contributed by atoms with Crippen molar-refractivity contribution in [2.75, 3.05) is 13.6 Å². The topological polar surface area (TPSA) is 29.3 Å². The molecule has 0 heterocycles. The summed E-state index contributed by atoms with van der Waals surface area (Å²) < 4.78 is 26.8. The lowest BCUT2D eigenvalue weighted by Gasteiger charge is -2.22. The van der Waals surface area contributed by atoms with E-state index in [1.54, 1.807) is 0 Å². The first-order valence-electron chi connectivity index (χ1n) is 6.49. The molecule has 1 atom stereocenters. The highest BCUT2D eigenvalue weighted by Crippen LogP contribution is 2.18. The molecule has 0 spiro atoms. The van der Waals surface area contributed by atoms with Crippen LogP contribution in [-0.2, 0) is 6.54 Å². The zero-order chi connectivity index (χ0) is 14.5. The molecule has 1 unspecified atom stereocenters. The van der Waals surface area contributed by atoms with E-state index in [1.807, 2.05) is 42.3 Å². The molecule has 0 saturated heterocycles. The molecule has 0 aliphatic heterocycles. The molecule has 20 heavy (non-hydrogen) atoms. The summed E-state index contributed by atoms with van der Waals surface area (Å²) in [5.74, 6) is -0.936. The van der Waals surface area contributed by atoms with Crippen molar-refractivity contribution < 1.29 is 8.78 Å². The van der Waals surface area contributed by atoms with Crippen LogP contribution >= 0.6 is 0 Å². The Hall–Kier alpha value is -1.78. The van der Waals surface area contributed by atoms with Gasteiger partial charge in [-0.2, -0.15) is 0 Å². The van der Waals surface area contributed by atoms with Gasteiger partial charge in [0, 0.05) is 24.7 Å². The van der Waals surface area contributed by atoms with Gasteiger partial charge in [0.2, 0.25) is 0 Å². The van der Waals surface area contributed by atoms with Gasteiger partial charge in [0.05, 0.1) is 0 Å². The van der Waals surface area contributed by atoms with Gasteiger partial charge in [-0.05, 0) is 30.8 Å². The Kier molecular flexibility index (Phi) is 4.82. The molecular formula is C16H18F2N2. The normalized spacial score (nSPS) is 12.7. The van der Waals surface area contributed by atoms with Crippen molar-refractivity contribution >= 4 is 0 Å². The molecule has 2 nitrogen and oxygen atoms in total. The molecule has 0 saturated carbocycles. The summed E-state index contributed by atoms with van der Waals surface area (Å²) in [4.78, 5) is 1.99. The maximum absolute atomic E-state index is 13.6. The van der Waals surface area contributed by atoms with Crippen molar-refractivity contribution in [3.63, 3.8) is 0 Å². The van der Waals surface area contributed by atoms with Gasteiger partial charge in [-0.15, -0.1) is 0 Å². The van der Waals surface area contributed by atoms with Gasteiger partial charge in [-0.1, -0.05) is 30.3 Å².